The van der Waals surface area contributed by atoms with Gasteiger partial charge in [0.05, 0.1) is 11.7 Å². The molecule has 0 unspecified atom stereocenters. The van der Waals surface area contributed by atoms with Crippen molar-refractivity contribution in [1.82, 2.24) is 34.7 Å². The standard InChI is InChI=1S/C20H24N8O/c29-20-10-9-19(27-13-21-12-22-27)26-28(20)16-7-5-15(6-8-16)23-18-11-14-3-1-2-4-17(14)24-25-18/h9-13,15-16H,1-8H2,(H,23,25). The van der Waals surface area contributed by atoms with Gasteiger partial charge in [0, 0.05) is 12.1 Å². The molecule has 1 saturated carbocycles. The summed E-state index contributed by atoms with van der Waals surface area (Å²) in [4.78, 5) is 16.3. The normalized spacial score (nSPS) is 21.5. The van der Waals surface area contributed by atoms with E-state index in [1.807, 2.05) is 0 Å². The molecule has 1 fully saturated rings. The molecule has 29 heavy (non-hydrogen) atoms. The van der Waals surface area contributed by atoms with Gasteiger partial charge in [-0.15, -0.1) is 10.2 Å². The fourth-order valence-electron chi connectivity index (χ4n) is 4.36. The Kier molecular flexibility index (Phi) is 4.79. The molecular weight excluding hydrogens is 368 g/mol. The Bertz CT molecular complexity index is 1040. The third-order valence-electron chi connectivity index (χ3n) is 5.93. The van der Waals surface area contributed by atoms with Crippen LogP contribution in [0, 0.1) is 0 Å². The maximum atomic E-state index is 12.4. The quantitative estimate of drug-likeness (QED) is 0.725. The summed E-state index contributed by atoms with van der Waals surface area (Å²) in [6, 6.07) is 5.84. The molecule has 3 heterocycles. The Morgan fingerprint density at radius 3 is 2.72 bits per heavy atom. The van der Waals surface area contributed by atoms with Crippen LogP contribution in [0.5, 0.6) is 0 Å². The number of hydrogen-bond acceptors (Lipinski definition) is 7. The average Bonchev–Trinajstić information content (AvgIpc) is 3.30. The summed E-state index contributed by atoms with van der Waals surface area (Å²) < 4.78 is 3.17. The van der Waals surface area contributed by atoms with Crippen molar-refractivity contribution in [3.63, 3.8) is 0 Å². The summed E-state index contributed by atoms with van der Waals surface area (Å²) in [6.45, 7) is 0. The highest BCUT2D eigenvalue weighted by Crippen LogP contribution is 2.29. The Balaban J connectivity index is 1.25. The molecule has 0 aliphatic heterocycles. The predicted octanol–water partition coefficient (Wildman–Crippen LogP) is 2.09. The Morgan fingerprint density at radius 2 is 1.90 bits per heavy atom. The molecule has 2 aliphatic carbocycles. The van der Waals surface area contributed by atoms with Gasteiger partial charge in [0.1, 0.15) is 18.5 Å². The van der Waals surface area contributed by atoms with Crippen LogP contribution in [-0.4, -0.2) is 40.8 Å². The summed E-state index contributed by atoms with van der Waals surface area (Å²) >= 11 is 0. The van der Waals surface area contributed by atoms with Gasteiger partial charge in [0.15, 0.2) is 5.82 Å². The first-order valence-electron chi connectivity index (χ1n) is 10.3. The summed E-state index contributed by atoms with van der Waals surface area (Å²) in [6.07, 6.45) is 11.3. The summed E-state index contributed by atoms with van der Waals surface area (Å²) in [5, 5.41) is 20.9. The van der Waals surface area contributed by atoms with Crippen LogP contribution >= 0.6 is 0 Å². The Morgan fingerprint density at radius 1 is 1.03 bits per heavy atom. The van der Waals surface area contributed by atoms with Crippen molar-refractivity contribution in [3.8, 4) is 5.82 Å². The number of anilines is 1. The first-order valence-corrected chi connectivity index (χ1v) is 10.3. The van der Waals surface area contributed by atoms with Crippen molar-refractivity contribution >= 4 is 5.82 Å². The minimum Gasteiger partial charge on any atom is -0.366 e. The largest absolute Gasteiger partial charge is 0.366 e. The van der Waals surface area contributed by atoms with Crippen LogP contribution in [0.3, 0.4) is 0 Å². The van der Waals surface area contributed by atoms with Gasteiger partial charge in [-0.05, 0) is 69.1 Å². The molecule has 150 valence electrons. The Hall–Kier alpha value is -3.10. The zero-order valence-corrected chi connectivity index (χ0v) is 16.2. The fourth-order valence-corrected chi connectivity index (χ4v) is 4.36. The number of hydrogen-bond donors (Lipinski definition) is 1. The second-order valence-corrected chi connectivity index (χ2v) is 7.87. The second-order valence-electron chi connectivity index (χ2n) is 7.87. The van der Waals surface area contributed by atoms with E-state index in [4.69, 9.17) is 0 Å². The Labute approximate surface area is 168 Å². The lowest BCUT2D eigenvalue weighted by Crippen LogP contribution is -2.33. The number of aryl methyl sites for hydroxylation is 2. The van der Waals surface area contributed by atoms with Crippen LogP contribution in [0.1, 0.15) is 55.8 Å². The van der Waals surface area contributed by atoms with Crippen molar-refractivity contribution in [1.29, 1.82) is 0 Å². The summed E-state index contributed by atoms with van der Waals surface area (Å²) in [7, 11) is 0. The maximum absolute atomic E-state index is 12.4. The molecule has 3 aromatic heterocycles. The number of aromatic nitrogens is 7. The first-order chi connectivity index (χ1) is 14.3. The average molecular weight is 392 g/mol. The second kappa shape index (κ2) is 7.73. The van der Waals surface area contributed by atoms with Crippen molar-refractivity contribution in [2.24, 2.45) is 0 Å². The smallest absolute Gasteiger partial charge is 0.267 e. The van der Waals surface area contributed by atoms with Gasteiger partial charge in [-0.1, -0.05) is 0 Å². The summed E-state index contributed by atoms with van der Waals surface area (Å²) in [5.41, 5.74) is 2.41. The van der Waals surface area contributed by atoms with E-state index in [0.29, 0.717) is 11.9 Å². The lowest BCUT2D eigenvalue weighted by molar-refractivity contribution is 0.302. The zero-order chi connectivity index (χ0) is 19.6. The van der Waals surface area contributed by atoms with E-state index in [2.05, 4.69) is 36.8 Å². The number of fused-ring (bicyclic) bond motifs is 1. The van der Waals surface area contributed by atoms with Crippen LogP contribution in [0.25, 0.3) is 5.82 Å². The third-order valence-corrected chi connectivity index (χ3v) is 5.93. The molecule has 5 rings (SSSR count). The number of nitrogens with zero attached hydrogens (tertiary/aromatic N) is 7. The molecule has 9 nitrogen and oxygen atoms in total. The molecule has 2 aliphatic rings. The van der Waals surface area contributed by atoms with Crippen LogP contribution in [0.2, 0.25) is 0 Å². The molecule has 0 spiro atoms. The molecule has 0 atom stereocenters. The minimum atomic E-state index is -0.0779. The van der Waals surface area contributed by atoms with Gasteiger partial charge in [-0.2, -0.15) is 10.2 Å². The molecule has 0 amide bonds. The molecule has 9 heteroatoms. The maximum Gasteiger partial charge on any atom is 0.267 e. The van der Waals surface area contributed by atoms with E-state index in [1.54, 1.807) is 27.8 Å². The van der Waals surface area contributed by atoms with E-state index >= 15 is 0 Å². The monoisotopic (exact) mass is 392 g/mol. The van der Waals surface area contributed by atoms with E-state index in [0.717, 1.165) is 50.0 Å². The van der Waals surface area contributed by atoms with Crippen LogP contribution in [0.4, 0.5) is 5.82 Å². The molecule has 1 N–H and O–H groups in total. The minimum absolute atomic E-state index is 0.0779. The lowest BCUT2D eigenvalue weighted by atomic mass is 9.91. The SMILES string of the molecule is O=c1ccc(-n2cncn2)nn1C1CCC(Nc2cc3c(nn2)CCCC3)CC1. The first kappa shape index (κ1) is 18.0. The van der Waals surface area contributed by atoms with Crippen LogP contribution in [0.15, 0.2) is 35.6 Å². The van der Waals surface area contributed by atoms with Crippen LogP contribution < -0.4 is 10.9 Å². The highest BCUT2D eigenvalue weighted by atomic mass is 16.1. The topological polar surface area (TPSA) is 103 Å². The lowest BCUT2D eigenvalue weighted by Gasteiger charge is -2.30. The molecule has 0 saturated heterocycles. The summed E-state index contributed by atoms with van der Waals surface area (Å²) in [5.74, 6) is 1.48. The van der Waals surface area contributed by atoms with E-state index in [9.17, 15) is 4.79 Å². The van der Waals surface area contributed by atoms with Crippen molar-refractivity contribution in [3.05, 3.63) is 52.5 Å². The fraction of sp³-hybridized carbons (Fsp3) is 0.500. The zero-order valence-electron chi connectivity index (χ0n) is 16.2. The van der Waals surface area contributed by atoms with Gasteiger partial charge < -0.3 is 5.32 Å². The molecule has 0 radical (unpaired) electrons. The van der Waals surface area contributed by atoms with E-state index < -0.39 is 0 Å². The van der Waals surface area contributed by atoms with Crippen LogP contribution in [-0.2, 0) is 12.8 Å². The van der Waals surface area contributed by atoms with Gasteiger partial charge in [0.2, 0.25) is 0 Å². The van der Waals surface area contributed by atoms with E-state index in [-0.39, 0.29) is 11.6 Å². The highest BCUT2D eigenvalue weighted by Gasteiger charge is 2.25. The van der Waals surface area contributed by atoms with Gasteiger partial charge in [-0.3, -0.25) is 4.79 Å². The molecular formula is C20H24N8O. The van der Waals surface area contributed by atoms with Crippen molar-refractivity contribution < 1.29 is 0 Å². The van der Waals surface area contributed by atoms with Gasteiger partial charge >= 0.3 is 0 Å². The molecule has 0 bridgehead atoms. The number of nitrogens with one attached hydrogen (secondary N) is 1. The van der Waals surface area contributed by atoms with E-state index in [1.165, 1.54) is 24.7 Å². The third kappa shape index (κ3) is 3.76. The molecule has 0 aromatic carbocycles. The highest BCUT2D eigenvalue weighted by molar-refractivity contribution is 5.40. The van der Waals surface area contributed by atoms with Gasteiger partial charge in [0.25, 0.3) is 5.56 Å². The van der Waals surface area contributed by atoms with Gasteiger partial charge in [-0.25, -0.2) is 14.3 Å². The van der Waals surface area contributed by atoms with Crippen molar-refractivity contribution in [2.75, 3.05) is 5.32 Å². The predicted molar refractivity (Wildman–Crippen MR) is 107 cm³/mol. The number of rotatable bonds is 4. The molecule has 3 aromatic rings. The van der Waals surface area contributed by atoms with Crippen molar-refractivity contribution in [2.45, 2.75) is 63.5 Å².